The van der Waals surface area contributed by atoms with Gasteiger partial charge in [0.05, 0.1) is 16.8 Å². The Balaban J connectivity index is 2.18. The van der Waals surface area contributed by atoms with E-state index in [1.807, 2.05) is 19.9 Å². The van der Waals surface area contributed by atoms with Crippen molar-refractivity contribution in [3.8, 4) is 0 Å². The van der Waals surface area contributed by atoms with Crippen molar-refractivity contribution in [2.24, 2.45) is 0 Å². The van der Waals surface area contributed by atoms with Crippen molar-refractivity contribution in [2.45, 2.75) is 26.3 Å². The average molecular weight is 246 g/mol. The van der Waals surface area contributed by atoms with E-state index < -0.39 is 0 Å². The summed E-state index contributed by atoms with van der Waals surface area (Å²) in [6.45, 7) is 4.60. The smallest absolute Gasteiger partial charge is 0.258 e. The largest absolute Gasteiger partial charge is 0.269 e. The van der Waals surface area contributed by atoms with Gasteiger partial charge in [-0.2, -0.15) is 0 Å². The first-order chi connectivity index (χ1) is 8.58. The molecule has 1 aromatic heterocycles. The average Bonchev–Trinajstić information content (AvgIpc) is 2.75. The van der Waals surface area contributed by atoms with Gasteiger partial charge in [-0.15, -0.1) is 5.10 Å². The van der Waals surface area contributed by atoms with Crippen molar-refractivity contribution < 1.29 is 4.92 Å². The van der Waals surface area contributed by atoms with Crippen LogP contribution in [0.3, 0.4) is 0 Å². The number of nitrogens with zero attached hydrogens (tertiary/aromatic N) is 4. The lowest BCUT2D eigenvalue weighted by Crippen LogP contribution is -2.09. The summed E-state index contributed by atoms with van der Waals surface area (Å²) in [5, 5.41) is 18.5. The predicted molar refractivity (Wildman–Crippen MR) is 66.3 cm³/mol. The molecule has 0 saturated carbocycles. The molecule has 0 fully saturated rings. The molecule has 1 unspecified atom stereocenters. The Hall–Kier alpha value is -2.24. The van der Waals surface area contributed by atoms with E-state index in [0.29, 0.717) is 6.54 Å². The van der Waals surface area contributed by atoms with Crippen LogP contribution in [0.25, 0.3) is 0 Å². The monoisotopic (exact) mass is 246 g/mol. The number of aryl methyl sites for hydroxylation is 1. The van der Waals surface area contributed by atoms with E-state index in [1.165, 1.54) is 6.07 Å². The van der Waals surface area contributed by atoms with Crippen molar-refractivity contribution in [1.29, 1.82) is 0 Å². The maximum absolute atomic E-state index is 10.7. The quantitative estimate of drug-likeness (QED) is 0.612. The van der Waals surface area contributed by atoms with Gasteiger partial charge in [0.15, 0.2) is 0 Å². The number of hydrogen-bond acceptors (Lipinski definition) is 4. The van der Waals surface area contributed by atoms with E-state index in [1.54, 1.807) is 23.0 Å². The van der Waals surface area contributed by atoms with Crippen LogP contribution in [0.15, 0.2) is 30.5 Å². The molecule has 1 atom stereocenters. The van der Waals surface area contributed by atoms with Crippen LogP contribution >= 0.6 is 0 Å². The van der Waals surface area contributed by atoms with Crippen LogP contribution in [-0.4, -0.2) is 19.9 Å². The zero-order valence-corrected chi connectivity index (χ0v) is 10.3. The van der Waals surface area contributed by atoms with Gasteiger partial charge in [-0.05, 0) is 12.5 Å². The van der Waals surface area contributed by atoms with Crippen LogP contribution in [0.5, 0.6) is 0 Å². The van der Waals surface area contributed by atoms with Crippen LogP contribution in [0, 0.1) is 17.0 Å². The number of benzene rings is 1. The first kappa shape index (κ1) is 12.2. The Morgan fingerprint density at radius 2 is 2.28 bits per heavy atom. The minimum absolute atomic E-state index is 0.120. The third kappa shape index (κ3) is 2.53. The predicted octanol–water partition coefficient (Wildman–Crippen LogP) is 2.30. The van der Waals surface area contributed by atoms with Gasteiger partial charge in [0.2, 0.25) is 0 Å². The Kier molecular flexibility index (Phi) is 3.36. The molecule has 0 radical (unpaired) electrons. The SMILES string of the molecule is Cc1cnnn1CC(C)c1cccc([N+](=O)[O-])c1. The number of nitro groups is 1. The summed E-state index contributed by atoms with van der Waals surface area (Å²) in [6.07, 6.45) is 1.69. The van der Waals surface area contributed by atoms with E-state index in [9.17, 15) is 10.1 Å². The molecule has 0 spiro atoms. The van der Waals surface area contributed by atoms with E-state index in [0.717, 1.165) is 11.3 Å². The number of non-ortho nitro benzene ring substituents is 1. The third-order valence-electron chi connectivity index (χ3n) is 2.91. The molecule has 1 heterocycles. The summed E-state index contributed by atoms with van der Waals surface area (Å²) in [5.74, 6) is 0.144. The summed E-state index contributed by atoms with van der Waals surface area (Å²) in [7, 11) is 0. The fraction of sp³-hybridized carbons (Fsp3) is 0.333. The van der Waals surface area contributed by atoms with Crippen molar-refractivity contribution in [3.63, 3.8) is 0 Å². The molecule has 2 aromatic rings. The maximum Gasteiger partial charge on any atom is 0.269 e. The molecule has 0 saturated heterocycles. The van der Waals surface area contributed by atoms with Gasteiger partial charge >= 0.3 is 0 Å². The van der Waals surface area contributed by atoms with Crippen LogP contribution in [-0.2, 0) is 6.54 Å². The standard InChI is InChI=1S/C12H14N4O2/c1-9(8-15-10(2)7-13-14-15)11-4-3-5-12(6-11)16(17)18/h3-7,9H,8H2,1-2H3. The van der Waals surface area contributed by atoms with Crippen LogP contribution in [0.2, 0.25) is 0 Å². The Morgan fingerprint density at radius 1 is 1.50 bits per heavy atom. The minimum atomic E-state index is -0.378. The number of hydrogen-bond donors (Lipinski definition) is 0. The first-order valence-corrected chi connectivity index (χ1v) is 5.67. The van der Waals surface area contributed by atoms with Crippen LogP contribution < -0.4 is 0 Å². The summed E-state index contributed by atoms with van der Waals surface area (Å²) >= 11 is 0. The topological polar surface area (TPSA) is 73.8 Å². The molecule has 6 nitrogen and oxygen atoms in total. The molecular formula is C12H14N4O2. The molecule has 0 amide bonds. The highest BCUT2D eigenvalue weighted by Crippen LogP contribution is 2.22. The highest BCUT2D eigenvalue weighted by molar-refractivity contribution is 5.35. The second-order valence-electron chi connectivity index (χ2n) is 4.31. The molecule has 6 heteroatoms. The molecule has 0 aliphatic carbocycles. The number of nitro benzene ring substituents is 1. The molecule has 18 heavy (non-hydrogen) atoms. The lowest BCUT2D eigenvalue weighted by Gasteiger charge is -2.12. The highest BCUT2D eigenvalue weighted by atomic mass is 16.6. The molecule has 0 N–H and O–H groups in total. The van der Waals surface area contributed by atoms with Crippen molar-refractivity contribution >= 4 is 5.69 Å². The van der Waals surface area contributed by atoms with Gasteiger partial charge in [0.1, 0.15) is 0 Å². The van der Waals surface area contributed by atoms with E-state index in [4.69, 9.17) is 0 Å². The lowest BCUT2D eigenvalue weighted by molar-refractivity contribution is -0.384. The van der Waals surface area contributed by atoms with Gasteiger partial charge in [-0.3, -0.25) is 10.1 Å². The lowest BCUT2D eigenvalue weighted by atomic mass is 10.0. The highest BCUT2D eigenvalue weighted by Gasteiger charge is 2.12. The molecular weight excluding hydrogens is 232 g/mol. The molecule has 1 aromatic carbocycles. The Bertz CT molecular complexity index is 565. The zero-order chi connectivity index (χ0) is 13.1. The fourth-order valence-corrected chi connectivity index (χ4v) is 1.80. The summed E-state index contributed by atoms with van der Waals surface area (Å²) < 4.78 is 1.80. The Labute approximate surface area is 104 Å². The number of rotatable bonds is 4. The van der Waals surface area contributed by atoms with Gasteiger partial charge in [0.25, 0.3) is 5.69 Å². The molecule has 94 valence electrons. The van der Waals surface area contributed by atoms with Crippen LogP contribution in [0.4, 0.5) is 5.69 Å². The second-order valence-corrected chi connectivity index (χ2v) is 4.31. The maximum atomic E-state index is 10.7. The third-order valence-corrected chi connectivity index (χ3v) is 2.91. The normalized spacial score (nSPS) is 12.3. The summed E-state index contributed by atoms with van der Waals surface area (Å²) in [4.78, 5) is 10.3. The fourth-order valence-electron chi connectivity index (χ4n) is 1.80. The first-order valence-electron chi connectivity index (χ1n) is 5.67. The van der Waals surface area contributed by atoms with Gasteiger partial charge in [0, 0.05) is 24.6 Å². The summed E-state index contributed by atoms with van der Waals surface area (Å²) in [6, 6.07) is 6.70. The minimum Gasteiger partial charge on any atom is -0.258 e. The van der Waals surface area contributed by atoms with Gasteiger partial charge in [-0.25, -0.2) is 4.68 Å². The van der Waals surface area contributed by atoms with Crippen LogP contribution in [0.1, 0.15) is 24.1 Å². The molecule has 0 bridgehead atoms. The molecule has 0 aliphatic rings. The van der Waals surface area contributed by atoms with Crippen molar-refractivity contribution in [3.05, 3.63) is 51.8 Å². The van der Waals surface area contributed by atoms with Gasteiger partial charge < -0.3 is 0 Å². The number of aromatic nitrogens is 3. The van der Waals surface area contributed by atoms with E-state index in [-0.39, 0.29) is 16.5 Å². The molecule has 0 aliphatic heterocycles. The van der Waals surface area contributed by atoms with E-state index in [2.05, 4.69) is 10.3 Å². The Morgan fingerprint density at radius 3 is 2.89 bits per heavy atom. The summed E-state index contributed by atoms with van der Waals surface area (Å²) in [5.41, 5.74) is 2.03. The van der Waals surface area contributed by atoms with E-state index >= 15 is 0 Å². The second kappa shape index (κ2) is 4.95. The zero-order valence-electron chi connectivity index (χ0n) is 10.3. The van der Waals surface area contributed by atoms with Crippen molar-refractivity contribution in [1.82, 2.24) is 15.0 Å². The van der Waals surface area contributed by atoms with Crippen molar-refractivity contribution in [2.75, 3.05) is 0 Å². The van der Waals surface area contributed by atoms with Gasteiger partial charge in [-0.1, -0.05) is 24.3 Å². The molecule has 2 rings (SSSR count).